The van der Waals surface area contributed by atoms with Crippen LogP contribution in [0.4, 0.5) is 0 Å². The second-order valence-corrected chi connectivity index (χ2v) is 6.13. The van der Waals surface area contributed by atoms with Gasteiger partial charge in [-0.05, 0) is 39.8 Å². The van der Waals surface area contributed by atoms with Crippen LogP contribution in [0.1, 0.15) is 21.5 Å². The number of nitrogens with zero attached hydrogens (tertiary/aromatic N) is 5. The molecule has 4 rings (SSSR count). The number of aromatic nitrogens is 4. The Morgan fingerprint density at radius 3 is 2.62 bits per heavy atom. The average Bonchev–Trinajstić information content (AvgIpc) is 3.21. The first-order valence-electron chi connectivity index (χ1n) is 8.14. The second kappa shape index (κ2) is 6.40. The Balaban J connectivity index is 1.68. The van der Waals surface area contributed by atoms with Crippen molar-refractivity contribution in [1.29, 1.82) is 0 Å². The number of fused-ring (bicyclic) bond motifs is 1. The predicted octanol–water partition coefficient (Wildman–Crippen LogP) is 0.715. The fourth-order valence-corrected chi connectivity index (χ4v) is 3.22. The van der Waals surface area contributed by atoms with Crippen LogP contribution in [0.5, 0.6) is 0 Å². The van der Waals surface area contributed by atoms with Gasteiger partial charge in [-0.3, -0.25) is 9.59 Å². The van der Waals surface area contributed by atoms with Crippen molar-refractivity contribution in [3.05, 3.63) is 71.5 Å². The fourth-order valence-electron chi connectivity index (χ4n) is 3.22. The molecule has 1 aliphatic heterocycles. The largest absolute Gasteiger partial charge is 0.368 e. The van der Waals surface area contributed by atoms with E-state index in [4.69, 9.17) is 5.73 Å². The number of tetrazole rings is 1. The van der Waals surface area contributed by atoms with Crippen LogP contribution in [0, 0.1) is 0 Å². The van der Waals surface area contributed by atoms with Crippen LogP contribution >= 0.6 is 0 Å². The second-order valence-electron chi connectivity index (χ2n) is 6.13. The topological polar surface area (TPSA) is 107 Å². The highest BCUT2D eigenvalue weighted by molar-refractivity contribution is 5.98. The molecular formula is C18H16N6O2. The number of carbonyl (C=O) groups excluding carboxylic acids is 2. The summed E-state index contributed by atoms with van der Waals surface area (Å²) in [5.74, 6) is -0.761. The highest BCUT2D eigenvalue weighted by atomic mass is 16.2. The minimum absolute atomic E-state index is 0.252. The molecule has 1 aliphatic rings. The Morgan fingerprint density at radius 1 is 1.08 bits per heavy atom. The van der Waals surface area contributed by atoms with Gasteiger partial charge in [-0.25, -0.2) is 4.68 Å². The Bertz CT molecular complexity index is 969. The Hall–Kier alpha value is -3.55. The molecule has 0 radical (unpaired) electrons. The van der Waals surface area contributed by atoms with E-state index in [0.29, 0.717) is 24.2 Å². The van der Waals surface area contributed by atoms with Gasteiger partial charge in [-0.15, -0.1) is 5.10 Å². The molecule has 2 N–H and O–H groups in total. The van der Waals surface area contributed by atoms with E-state index in [9.17, 15) is 9.59 Å². The van der Waals surface area contributed by atoms with Gasteiger partial charge in [-0.2, -0.15) is 0 Å². The van der Waals surface area contributed by atoms with Crippen LogP contribution in [0.2, 0.25) is 0 Å². The number of benzene rings is 2. The molecule has 0 bridgehead atoms. The van der Waals surface area contributed by atoms with E-state index >= 15 is 0 Å². The lowest BCUT2D eigenvalue weighted by Crippen LogP contribution is -2.51. The summed E-state index contributed by atoms with van der Waals surface area (Å²) in [6.07, 6.45) is 1.87. The number of nitrogens with two attached hydrogens (primary N) is 1. The quantitative estimate of drug-likeness (QED) is 0.750. The van der Waals surface area contributed by atoms with Gasteiger partial charge in [-0.1, -0.05) is 30.3 Å². The molecule has 0 saturated carbocycles. The van der Waals surface area contributed by atoms with Crippen LogP contribution in [0.15, 0.2) is 54.9 Å². The fraction of sp³-hybridized carbons (Fsp3) is 0.167. The minimum Gasteiger partial charge on any atom is -0.368 e. The predicted molar refractivity (Wildman–Crippen MR) is 92.2 cm³/mol. The molecule has 8 nitrogen and oxygen atoms in total. The van der Waals surface area contributed by atoms with Crippen molar-refractivity contribution in [1.82, 2.24) is 25.1 Å². The zero-order chi connectivity index (χ0) is 18.1. The van der Waals surface area contributed by atoms with Gasteiger partial charge in [0.25, 0.3) is 5.91 Å². The van der Waals surface area contributed by atoms with Crippen LogP contribution in [-0.4, -0.2) is 43.0 Å². The van der Waals surface area contributed by atoms with Crippen molar-refractivity contribution in [2.75, 3.05) is 0 Å². The summed E-state index contributed by atoms with van der Waals surface area (Å²) in [5, 5.41) is 11.0. The molecule has 26 heavy (non-hydrogen) atoms. The maximum atomic E-state index is 13.1. The molecule has 3 aromatic rings. The normalized spacial score (nSPS) is 16.2. The third kappa shape index (κ3) is 2.81. The number of carbonyl (C=O) groups is 2. The van der Waals surface area contributed by atoms with Gasteiger partial charge in [0, 0.05) is 18.5 Å². The molecule has 0 aliphatic carbocycles. The van der Waals surface area contributed by atoms with Gasteiger partial charge in [0.15, 0.2) is 0 Å². The molecule has 0 unspecified atom stereocenters. The molecule has 0 saturated heterocycles. The van der Waals surface area contributed by atoms with Crippen molar-refractivity contribution in [3.8, 4) is 5.69 Å². The molecule has 1 aromatic heterocycles. The van der Waals surface area contributed by atoms with Crippen LogP contribution in [0.3, 0.4) is 0 Å². The maximum Gasteiger partial charge on any atom is 0.254 e. The molecule has 0 fully saturated rings. The lowest BCUT2D eigenvalue weighted by atomic mass is 9.93. The summed E-state index contributed by atoms with van der Waals surface area (Å²) in [6, 6.07) is 14.0. The Labute approximate surface area is 149 Å². The molecule has 130 valence electrons. The third-order valence-corrected chi connectivity index (χ3v) is 4.54. The first-order chi connectivity index (χ1) is 12.6. The molecular weight excluding hydrogens is 332 g/mol. The van der Waals surface area contributed by atoms with Crippen LogP contribution < -0.4 is 5.73 Å². The SMILES string of the molecule is NC(=O)[C@@H]1Cc2ccccc2CN1C(=O)c1cccc(-n2cnnn2)c1. The number of amides is 2. The smallest absolute Gasteiger partial charge is 0.254 e. The van der Waals surface area contributed by atoms with E-state index < -0.39 is 11.9 Å². The molecule has 2 amide bonds. The highest BCUT2D eigenvalue weighted by Gasteiger charge is 2.33. The summed E-state index contributed by atoms with van der Waals surface area (Å²) in [6.45, 7) is 0.345. The third-order valence-electron chi connectivity index (χ3n) is 4.54. The van der Waals surface area contributed by atoms with E-state index in [1.54, 1.807) is 24.3 Å². The molecule has 2 aromatic carbocycles. The maximum absolute atomic E-state index is 13.1. The number of hydrogen-bond acceptors (Lipinski definition) is 5. The number of rotatable bonds is 3. The number of hydrogen-bond donors (Lipinski definition) is 1. The molecule has 8 heteroatoms. The zero-order valence-corrected chi connectivity index (χ0v) is 13.8. The molecule has 0 spiro atoms. The van der Waals surface area contributed by atoms with E-state index in [0.717, 1.165) is 11.1 Å². The van der Waals surface area contributed by atoms with Crippen LogP contribution in [-0.2, 0) is 17.8 Å². The summed E-state index contributed by atoms with van der Waals surface area (Å²) in [4.78, 5) is 26.6. The van der Waals surface area contributed by atoms with Gasteiger partial charge < -0.3 is 10.6 Å². The lowest BCUT2D eigenvalue weighted by molar-refractivity contribution is -0.122. The first-order valence-corrected chi connectivity index (χ1v) is 8.14. The van der Waals surface area contributed by atoms with Gasteiger partial charge in [0.2, 0.25) is 5.91 Å². The lowest BCUT2D eigenvalue weighted by Gasteiger charge is -2.35. The highest BCUT2D eigenvalue weighted by Crippen LogP contribution is 2.25. The van der Waals surface area contributed by atoms with Crippen LogP contribution in [0.25, 0.3) is 5.69 Å². The van der Waals surface area contributed by atoms with Gasteiger partial charge >= 0.3 is 0 Å². The van der Waals surface area contributed by atoms with Crippen molar-refractivity contribution >= 4 is 11.8 Å². The van der Waals surface area contributed by atoms with Crippen molar-refractivity contribution in [2.45, 2.75) is 19.0 Å². The summed E-state index contributed by atoms with van der Waals surface area (Å²) in [7, 11) is 0. The summed E-state index contributed by atoms with van der Waals surface area (Å²) >= 11 is 0. The summed E-state index contributed by atoms with van der Waals surface area (Å²) in [5.41, 5.74) is 8.75. The van der Waals surface area contributed by atoms with E-state index in [1.807, 2.05) is 24.3 Å². The minimum atomic E-state index is -0.672. The van der Waals surface area contributed by atoms with E-state index in [2.05, 4.69) is 15.5 Å². The zero-order valence-electron chi connectivity index (χ0n) is 13.8. The van der Waals surface area contributed by atoms with Crippen molar-refractivity contribution in [3.63, 3.8) is 0 Å². The molecule has 2 heterocycles. The molecule has 1 atom stereocenters. The Morgan fingerprint density at radius 2 is 1.88 bits per heavy atom. The van der Waals surface area contributed by atoms with Gasteiger partial charge in [0.1, 0.15) is 12.4 Å². The van der Waals surface area contributed by atoms with E-state index in [-0.39, 0.29) is 5.91 Å². The summed E-state index contributed by atoms with van der Waals surface area (Å²) < 4.78 is 1.47. The van der Waals surface area contributed by atoms with E-state index in [1.165, 1.54) is 15.9 Å². The Kier molecular flexibility index (Phi) is 3.92. The van der Waals surface area contributed by atoms with Crippen molar-refractivity contribution < 1.29 is 9.59 Å². The average molecular weight is 348 g/mol. The standard InChI is InChI=1S/C18H16N6O2/c19-17(25)16-9-12-4-1-2-5-14(12)10-23(16)18(26)13-6-3-7-15(8-13)24-11-20-21-22-24/h1-8,11,16H,9-10H2,(H2,19,25)/t16-/m0/s1. The first kappa shape index (κ1) is 15.9. The number of primary amides is 1. The van der Waals surface area contributed by atoms with Crippen molar-refractivity contribution in [2.24, 2.45) is 5.73 Å². The monoisotopic (exact) mass is 348 g/mol. The van der Waals surface area contributed by atoms with Gasteiger partial charge in [0.05, 0.1) is 5.69 Å².